The molecule has 1 atom stereocenters. The first-order chi connectivity index (χ1) is 8.54. The number of carboxylic acid groups (broad SMARTS) is 1. The van der Waals surface area contributed by atoms with Gasteiger partial charge in [-0.05, 0) is 42.4 Å². The summed E-state index contributed by atoms with van der Waals surface area (Å²) in [6.07, 6.45) is 0.152. The van der Waals surface area contributed by atoms with Gasteiger partial charge in [0.05, 0.1) is 0 Å². The van der Waals surface area contributed by atoms with Crippen molar-refractivity contribution in [2.24, 2.45) is 0 Å². The van der Waals surface area contributed by atoms with Crippen molar-refractivity contribution in [3.63, 3.8) is 0 Å². The Labute approximate surface area is 115 Å². The maximum absolute atomic E-state index is 11.4. The minimum atomic E-state index is -1.80. The van der Waals surface area contributed by atoms with Crippen LogP contribution in [0.1, 0.15) is 56.4 Å². The first-order valence-electron chi connectivity index (χ1n) is 6.62. The first kappa shape index (κ1) is 15.7. The van der Waals surface area contributed by atoms with Crippen molar-refractivity contribution in [1.29, 1.82) is 0 Å². The third kappa shape index (κ3) is 2.81. The molecule has 19 heavy (non-hydrogen) atoms. The predicted molar refractivity (Wildman–Crippen MR) is 76.4 cm³/mol. The molecule has 1 unspecified atom stereocenters. The molecular formula is C16H24O3. The number of hydrogen-bond donors (Lipinski definition) is 2. The van der Waals surface area contributed by atoms with E-state index in [4.69, 9.17) is 0 Å². The molecular weight excluding hydrogens is 240 g/mol. The van der Waals surface area contributed by atoms with Crippen LogP contribution in [0, 0.1) is 13.8 Å². The van der Waals surface area contributed by atoms with Crippen LogP contribution in [0.25, 0.3) is 0 Å². The number of aryl methyl sites for hydroxylation is 2. The van der Waals surface area contributed by atoms with Crippen molar-refractivity contribution in [2.45, 2.75) is 59.0 Å². The summed E-state index contributed by atoms with van der Waals surface area (Å²) in [5.41, 5.74) is 1.53. The SMILES string of the molecule is CCC(O)(C(=O)O)c1c(C)cc(C(C)(C)C)cc1C. The number of rotatable bonds is 3. The van der Waals surface area contributed by atoms with Crippen molar-refractivity contribution >= 4 is 5.97 Å². The van der Waals surface area contributed by atoms with Gasteiger partial charge in [-0.3, -0.25) is 0 Å². The second kappa shape index (κ2) is 4.97. The molecule has 1 aromatic carbocycles. The predicted octanol–water partition coefficient (Wildman–Crippen LogP) is 3.28. The van der Waals surface area contributed by atoms with Gasteiger partial charge in [0.15, 0.2) is 5.60 Å². The van der Waals surface area contributed by atoms with E-state index in [1.165, 1.54) is 0 Å². The molecule has 0 aliphatic rings. The van der Waals surface area contributed by atoms with Gasteiger partial charge in [0.1, 0.15) is 0 Å². The zero-order chi connectivity index (χ0) is 15.0. The van der Waals surface area contributed by atoms with Crippen molar-refractivity contribution in [2.75, 3.05) is 0 Å². The molecule has 1 rings (SSSR count). The molecule has 3 heteroatoms. The smallest absolute Gasteiger partial charge is 0.340 e. The van der Waals surface area contributed by atoms with E-state index in [1.807, 2.05) is 26.0 Å². The Morgan fingerprint density at radius 3 is 1.84 bits per heavy atom. The van der Waals surface area contributed by atoms with Crippen molar-refractivity contribution < 1.29 is 15.0 Å². The summed E-state index contributed by atoms with van der Waals surface area (Å²) in [6, 6.07) is 3.96. The lowest BCUT2D eigenvalue weighted by Gasteiger charge is -2.29. The van der Waals surface area contributed by atoms with Crippen LogP contribution in [0.2, 0.25) is 0 Å². The molecule has 0 aromatic heterocycles. The standard InChI is InChI=1S/C16H24O3/c1-7-16(19,14(17)18)13-10(2)8-12(9-11(13)3)15(4,5)6/h8-9,19H,7H2,1-6H3,(H,17,18). The van der Waals surface area contributed by atoms with E-state index in [0.29, 0.717) is 5.56 Å². The molecule has 0 saturated heterocycles. The molecule has 0 aliphatic carbocycles. The van der Waals surface area contributed by atoms with Crippen LogP contribution in [0.3, 0.4) is 0 Å². The number of carbonyl (C=O) groups is 1. The Kier molecular flexibility index (Phi) is 4.11. The van der Waals surface area contributed by atoms with Gasteiger partial charge < -0.3 is 10.2 Å². The van der Waals surface area contributed by atoms with Crippen LogP contribution in [0.15, 0.2) is 12.1 Å². The lowest BCUT2D eigenvalue weighted by molar-refractivity contribution is -0.160. The number of carboxylic acids is 1. The third-order valence-electron chi connectivity index (χ3n) is 3.68. The molecule has 1 aromatic rings. The van der Waals surface area contributed by atoms with Crippen molar-refractivity contribution in [3.05, 3.63) is 34.4 Å². The number of aliphatic hydroxyl groups is 1. The summed E-state index contributed by atoms with van der Waals surface area (Å²) in [5.74, 6) is -1.19. The van der Waals surface area contributed by atoms with Gasteiger partial charge in [-0.2, -0.15) is 0 Å². The molecule has 0 saturated carbocycles. The van der Waals surface area contributed by atoms with Crippen molar-refractivity contribution in [3.8, 4) is 0 Å². The lowest BCUT2D eigenvalue weighted by atomic mass is 9.79. The van der Waals surface area contributed by atoms with E-state index in [-0.39, 0.29) is 11.8 Å². The summed E-state index contributed by atoms with van der Waals surface area (Å²) in [4.78, 5) is 11.4. The molecule has 0 aliphatic heterocycles. The van der Waals surface area contributed by atoms with Crippen LogP contribution in [0.4, 0.5) is 0 Å². The van der Waals surface area contributed by atoms with Gasteiger partial charge in [-0.15, -0.1) is 0 Å². The van der Waals surface area contributed by atoms with E-state index in [1.54, 1.807) is 6.92 Å². The largest absolute Gasteiger partial charge is 0.479 e. The van der Waals surface area contributed by atoms with Gasteiger partial charge in [0, 0.05) is 5.56 Å². The molecule has 0 radical (unpaired) electrons. The van der Waals surface area contributed by atoms with Gasteiger partial charge in [0.2, 0.25) is 0 Å². The highest BCUT2D eigenvalue weighted by Gasteiger charge is 2.38. The number of aliphatic carboxylic acids is 1. The van der Waals surface area contributed by atoms with E-state index in [2.05, 4.69) is 20.8 Å². The van der Waals surface area contributed by atoms with Crippen LogP contribution in [-0.2, 0) is 15.8 Å². The maximum atomic E-state index is 11.4. The first-order valence-corrected chi connectivity index (χ1v) is 6.62. The van der Waals surface area contributed by atoms with Crippen LogP contribution >= 0.6 is 0 Å². The average molecular weight is 264 g/mol. The number of benzene rings is 1. The van der Waals surface area contributed by atoms with Crippen LogP contribution in [-0.4, -0.2) is 16.2 Å². The molecule has 0 amide bonds. The normalized spacial score (nSPS) is 15.1. The van der Waals surface area contributed by atoms with Gasteiger partial charge in [0.25, 0.3) is 0 Å². The molecule has 106 valence electrons. The van der Waals surface area contributed by atoms with E-state index in [9.17, 15) is 15.0 Å². The van der Waals surface area contributed by atoms with Gasteiger partial charge in [-0.25, -0.2) is 4.79 Å². The lowest BCUT2D eigenvalue weighted by Crippen LogP contribution is -2.36. The molecule has 0 bridgehead atoms. The van der Waals surface area contributed by atoms with E-state index >= 15 is 0 Å². The highest BCUT2D eigenvalue weighted by atomic mass is 16.4. The number of hydrogen-bond acceptors (Lipinski definition) is 2. The van der Waals surface area contributed by atoms with Crippen LogP contribution < -0.4 is 0 Å². The second-order valence-electron chi connectivity index (χ2n) is 6.25. The monoisotopic (exact) mass is 264 g/mol. The Hall–Kier alpha value is -1.35. The molecule has 0 fully saturated rings. The van der Waals surface area contributed by atoms with Gasteiger partial charge >= 0.3 is 5.97 Å². The molecule has 0 spiro atoms. The minimum Gasteiger partial charge on any atom is -0.479 e. The Bertz CT molecular complexity index is 474. The summed E-state index contributed by atoms with van der Waals surface area (Å²) >= 11 is 0. The third-order valence-corrected chi connectivity index (χ3v) is 3.68. The highest BCUT2D eigenvalue weighted by molar-refractivity contribution is 5.80. The molecule has 2 N–H and O–H groups in total. The molecule has 0 heterocycles. The fourth-order valence-electron chi connectivity index (χ4n) is 2.48. The summed E-state index contributed by atoms with van der Waals surface area (Å²) in [6.45, 7) is 11.8. The average Bonchev–Trinajstić information content (AvgIpc) is 2.26. The van der Waals surface area contributed by atoms with Crippen molar-refractivity contribution in [1.82, 2.24) is 0 Å². The van der Waals surface area contributed by atoms with Crippen LogP contribution in [0.5, 0.6) is 0 Å². The highest BCUT2D eigenvalue weighted by Crippen LogP contribution is 2.34. The minimum absolute atomic E-state index is 0.00159. The van der Waals surface area contributed by atoms with Gasteiger partial charge in [-0.1, -0.05) is 39.8 Å². The quantitative estimate of drug-likeness (QED) is 0.880. The summed E-state index contributed by atoms with van der Waals surface area (Å²) in [5, 5.41) is 19.7. The Balaban J connectivity index is 3.52. The Morgan fingerprint density at radius 2 is 1.58 bits per heavy atom. The van der Waals surface area contributed by atoms with E-state index in [0.717, 1.165) is 16.7 Å². The fraction of sp³-hybridized carbons (Fsp3) is 0.562. The Morgan fingerprint density at radius 1 is 1.16 bits per heavy atom. The zero-order valence-electron chi connectivity index (χ0n) is 12.7. The topological polar surface area (TPSA) is 57.5 Å². The summed E-state index contributed by atoms with van der Waals surface area (Å²) in [7, 11) is 0. The van der Waals surface area contributed by atoms with E-state index < -0.39 is 11.6 Å². The zero-order valence-corrected chi connectivity index (χ0v) is 12.7. The maximum Gasteiger partial charge on any atom is 0.340 e. The second-order valence-corrected chi connectivity index (χ2v) is 6.25. The fourth-order valence-corrected chi connectivity index (χ4v) is 2.48. The summed E-state index contributed by atoms with van der Waals surface area (Å²) < 4.78 is 0. The molecule has 3 nitrogen and oxygen atoms in total.